The maximum Gasteiger partial charge on any atom is 0.0868 e. The van der Waals surface area contributed by atoms with E-state index in [0.717, 1.165) is 54.9 Å². The zero-order valence-electron chi connectivity index (χ0n) is 21.4. The summed E-state index contributed by atoms with van der Waals surface area (Å²) >= 11 is 0. The van der Waals surface area contributed by atoms with Crippen molar-refractivity contribution in [3.63, 3.8) is 0 Å². The van der Waals surface area contributed by atoms with Crippen LogP contribution in [-0.4, -0.2) is 16.3 Å². The van der Waals surface area contributed by atoms with Gasteiger partial charge in [0.25, 0.3) is 0 Å². The lowest BCUT2D eigenvalue weighted by molar-refractivity contribution is -0.0589. The van der Waals surface area contributed by atoms with E-state index in [-0.39, 0.29) is 6.10 Å². The summed E-state index contributed by atoms with van der Waals surface area (Å²) in [6.07, 6.45) is 14.2. The molecule has 4 aliphatic carbocycles. The molecule has 3 saturated carbocycles. The highest BCUT2D eigenvalue weighted by Gasteiger charge is 2.59. The Morgan fingerprint density at radius 2 is 1.79 bits per heavy atom. The van der Waals surface area contributed by atoms with Crippen molar-refractivity contribution < 1.29 is 10.2 Å². The average Bonchev–Trinajstić information content (AvgIpc) is 3.16. The van der Waals surface area contributed by atoms with Crippen LogP contribution in [0.5, 0.6) is 0 Å². The Morgan fingerprint density at radius 3 is 2.55 bits per heavy atom. The molecule has 4 aliphatic rings. The van der Waals surface area contributed by atoms with Gasteiger partial charge in [-0.2, -0.15) is 0 Å². The Balaban J connectivity index is 1.29. The van der Waals surface area contributed by atoms with Gasteiger partial charge in [-0.1, -0.05) is 62.8 Å². The summed E-state index contributed by atoms with van der Waals surface area (Å²) in [5.41, 5.74) is 2.67. The van der Waals surface area contributed by atoms with Gasteiger partial charge < -0.3 is 10.2 Å². The van der Waals surface area contributed by atoms with Gasteiger partial charge in [0.1, 0.15) is 0 Å². The third-order valence-corrected chi connectivity index (χ3v) is 11.3. The van der Waals surface area contributed by atoms with Crippen molar-refractivity contribution in [1.29, 1.82) is 0 Å². The second-order valence-electron chi connectivity index (χ2n) is 13.0. The van der Waals surface area contributed by atoms with E-state index >= 15 is 0 Å². The van der Waals surface area contributed by atoms with Gasteiger partial charge in [0, 0.05) is 0 Å². The Labute approximate surface area is 201 Å². The minimum atomic E-state index is -0.739. The third kappa shape index (κ3) is 3.94. The summed E-state index contributed by atoms with van der Waals surface area (Å²) in [6.45, 7) is 9.62. The summed E-state index contributed by atoms with van der Waals surface area (Å²) in [5.74, 6) is 3.93. The van der Waals surface area contributed by atoms with Gasteiger partial charge in [-0.25, -0.2) is 0 Å². The lowest BCUT2D eigenvalue weighted by Gasteiger charge is -2.58. The Morgan fingerprint density at radius 1 is 1.03 bits per heavy atom. The molecule has 5 rings (SSSR count). The molecule has 9 atom stereocenters. The van der Waals surface area contributed by atoms with Crippen molar-refractivity contribution >= 4 is 0 Å². The quantitative estimate of drug-likeness (QED) is 0.464. The Kier molecular flexibility index (Phi) is 6.10. The van der Waals surface area contributed by atoms with Crippen LogP contribution in [0.1, 0.15) is 97.5 Å². The molecule has 0 radical (unpaired) electrons. The number of benzene rings is 1. The molecular formula is C31H46O2. The van der Waals surface area contributed by atoms with E-state index in [9.17, 15) is 10.2 Å². The minimum Gasteiger partial charge on any atom is -0.393 e. The van der Waals surface area contributed by atoms with E-state index in [0.29, 0.717) is 16.7 Å². The van der Waals surface area contributed by atoms with Crippen LogP contribution in [0.2, 0.25) is 0 Å². The highest BCUT2D eigenvalue weighted by molar-refractivity contribution is 5.25. The van der Waals surface area contributed by atoms with Crippen LogP contribution in [-0.2, 0) is 5.60 Å². The number of fused-ring (bicyclic) bond motifs is 5. The van der Waals surface area contributed by atoms with Crippen LogP contribution in [0.3, 0.4) is 0 Å². The van der Waals surface area contributed by atoms with Gasteiger partial charge in [-0.05, 0) is 117 Å². The molecule has 0 spiro atoms. The molecule has 0 aromatic heterocycles. The highest BCUT2D eigenvalue weighted by atomic mass is 16.3. The normalized spacial score (nSPS) is 43.0. The molecule has 0 bridgehead atoms. The lowest BCUT2D eigenvalue weighted by Crippen LogP contribution is -2.50. The van der Waals surface area contributed by atoms with Gasteiger partial charge in [0.15, 0.2) is 0 Å². The molecule has 3 fully saturated rings. The fraction of sp³-hybridized carbons (Fsp3) is 0.742. The molecule has 1 aromatic rings. The van der Waals surface area contributed by atoms with E-state index in [1.165, 1.54) is 38.5 Å². The van der Waals surface area contributed by atoms with Crippen LogP contribution in [0, 0.1) is 40.4 Å². The highest BCUT2D eigenvalue weighted by Crippen LogP contribution is 2.67. The first-order valence-corrected chi connectivity index (χ1v) is 13.8. The second-order valence-corrected chi connectivity index (χ2v) is 13.0. The minimum absolute atomic E-state index is 0.112. The SMILES string of the molecule is C[C@@H](CC[C@](C)(O)c1ccccc1)[C@H]1CC[C@H]2[C@@H]3CC=C4C[C@H](O)CC[C@]4(C)[C@H]3CC[C@]12C. The van der Waals surface area contributed by atoms with Crippen LogP contribution >= 0.6 is 0 Å². The molecule has 0 amide bonds. The van der Waals surface area contributed by atoms with E-state index in [4.69, 9.17) is 0 Å². The van der Waals surface area contributed by atoms with E-state index in [1.54, 1.807) is 5.57 Å². The zero-order chi connectivity index (χ0) is 23.4. The largest absolute Gasteiger partial charge is 0.393 e. The smallest absolute Gasteiger partial charge is 0.0868 e. The topological polar surface area (TPSA) is 40.5 Å². The van der Waals surface area contributed by atoms with E-state index in [2.05, 4.69) is 39.0 Å². The summed E-state index contributed by atoms with van der Waals surface area (Å²) in [5, 5.41) is 21.4. The predicted octanol–water partition coefficient (Wildman–Crippen LogP) is 7.25. The van der Waals surface area contributed by atoms with Crippen molar-refractivity contribution in [2.75, 3.05) is 0 Å². The molecular weight excluding hydrogens is 404 g/mol. The first-order chi connectivity index (χ1) is 15.6. The molecule has 0 saturated heterocycles. The van der Waals surface area contributed by atoms with Crippen LogP contribution in [0.25, 0.3) is 0 Å². The van der Waals surface area contributed by atoms with Crippen molar-refractivity contribution in [3.05, 3.63) is 47.5 Å². The van der Waals surface area contributed by atoms with Crippen molar-refractivity contribution in [2.24, 2.45) is 40.4 Å². The number of aliphatic hydroxyl groups is 2. The van der Waals surface area contributed by atoms with E-state index in [1.807, 2.05) is 25.1 Å². The van der Waals surface area contributed by atoms with Crippen molar-refractivity contribution in [2.45, 2.75) is 104 Å². The second kappa shape index (κ2) is 8.52. The fourth-order valence-corrected chi connectivity index (χ4v) is 9.27. The molecule has 33 heavy (non-hydrogen) atoms. The van der Waals surface area contributed by atoms with Crippen molar-refractivity contribution in [1.82, 2.24) is 0 Å². The molecule has 0 unspecified atom stereocenters. The summed E-state index contributed by atoms with van der Waals surface area (Å²) in [7, 11) is 0. The lowest BCUT2D eigenvalue weighted by atomic mass is 9.47. The standard InChI is InChI=1S/C31H46O2/c1-21(14-19-31(4,33)22-8-6-5-7-9-22)26-12-13-27-25-11-10-23-20-24(32)15-17-29(23,2)28(25)16-18-30(26,27)3/h5-10,21,24-28,32-33H,11-20H2,1-4H3/t21-,24+,25-,26+,27-,28-,29-,30+,31-/m0/s1. The van der Waals surface area contributed by atoms with Gasteiger partial charge in [-0.3, -0.25) is 0 Å². The number of allylic oxidation sites excluding steroid dienone is 1. The van der Waals surface area contributed by atoms with Crippen LogP contribution < -0.4 is 0 Å². The molecule has 0 aliphatic heterocycles. The maximum absolute atomic E-state index is 11.2. The zero-order valence-corrected chi connectivity index (χ0v) is 21.4. The van der Waals surface area contributed by atoms with Crippen molar-refractivity contribution in [3.8, 4) is 0 Å². The number of aliphatic hydroxyl groups excluding tert-OH is 1. The first-order valence-electron chi connectivity index (χ1n) is 13.8. The monoisotopic (exact) mass is 450 g/mol. The molecule has 0 heterocycles. The molecule has 1 aromatic carbocycles. The average molecular weight is 451 g/mol. The first kappa shape index (κ1) is 23.6. The molecule has 2 nitrogen and oxygen atoms in total. The molecule has 182 valence electrons. The fourth-order valence-electron chi connectivity index (χ4n) is 9.27. The van der Waals surface area contributed by atoms with Crippen LogP contribution in [0.15, 0.2) is 42.0 Å². The summed E-state index contributed by atoms with van der Waals surface area (Å²) in [6, 6.07) is 10.2. The Hall–Kier alpha value is -1.12. The van der Waals surface area contributed by atoms with Gasteiger partial charge in [0.2, 0.25) is 0 Å². The molecule has 2 N–H and O–H groups in total. The number of rotatable bonds is 5. The maximum atomic E-state index is 11.2. The van der Waals surface area contributed by atoms with Gasteiger partial charge in [0.05, 0.1) is 11.7 Å². The van der Waals surface area contributed by atoms with Gasteiger partial charge in [-0.15, -0.1) is 0 Å². The number of hydrogen-bond acceptors (Lipinski definition) is 2. The Bertz CT molecular complexity index is 872. The molecule has 2 heteroatoms. The number of hydrogen-bond donors (Lipinski definition) is 2. The summed E-state index contributed by atoms with van der Waals surface area (Å²) < 4.78 is 0. The van der Waals surface area contributed by atoms with E-state index < -0.39 is 5.60 Å². The predicted molar refractivity (Wildman–Crippen MR) is 136 cm³/mol. The summed E-state index contributed by atoms with van der Waals surface area (Å²) in [4.78, 5) is 0. The van der Waals surface area contributed by atoms with Gasteiger partial charge >= 0.3 is 0 Å². The third-order valence-electron chi connectivity index (χ3n) is 11.3. The van der Waals surface area contributed by atoms with Crippen LogP contribution in [0.4, 0.5) is 0 Å².